The van der Waals surface area contributed by atoms with Gasteiger partial charge in [0.05, 0.1) is 16.3 Å². The zero-order valence-electron chi connectivity index (χ0n) is 10.00. The molecule has 1 aromatic carbocycles. The number of carbonyl (C=O) groups excluding carboxylic acids is 1. The van der Waals surface area contributed by atoms with E-state index in [4.69, 9.17) is 16.7 Å². The molecular weight excluding hydrogens is 256 g/mol. The molecule has 0 bridgehead atoms. The van der Waals surface area contributed by atoms with Gasteiger partial charge in [-0.15, -0.1) is 0 Å². The molecule has 0 heterocycles. The maximum atomic E-state index is 11.5. The average molecular weight is 271 g/mol. The van der Waals surface area contributed by atoms with Crippen LogP contribution in [-0.2, 0) is 4.79 Å². The second kappa shape index (κ2) is 6.98. The lowest BCUT2D eigenvalue weighted by Gasteiger charge is -2.08. The van der Waals surface area contributed by atoms with Crippen molar-refractivity contribution >= 4 is 29.2 Å². The lowest BCUT2D eigenvalue weighted by atomic mass is 10.2. The van der Waals surface area contributed by atoms with Crippen molar-refractivity contribution in [3.05, 3.63) is 28.8 Å². The minimum absolute atomic E-state index is 0.0886. The molecule has 5 nitrogen and oxygen atoms in total. The van der Waals surface area contributed by atoms with Gasteiger partial charge in [0.25, 0.3) is 0 Å². The molecule has 1 aromatic rings. The molecule has 0 radical (unpaired) electrons. The third kappa shape index (κ3) is 4.35. The number of anilines is 1. The van der Waals surface area contributed by atoms with E-state index in [1.165, 1.54) is 18.2 Å². The lowest BCUT2D eigenvalue weighted by Crippen LogP contribution is -2.21. The Balaban J connectivity index is 2.62. The Kier molecular flexibility index (Phi) is 5.61. The Bertz CT molecular complexity index is 449. The van der Waals surface area contributed by atoms with Crippen LogP contribution in [0.5, 0.6) is 0 Å². The number of carboxylic acids is 1. The van der Waals surface area contributed by atoms with Crippen LogP contribution in [0.4, 0.5) is 5.69 Å². The number of amides is 1. The molecule has 0 aliphatic heterocycles. The molecule has 0 aliphatic rings. The second-order valence-corrected chi connectivity index (χ2v) is 4.06. The zero-order chi connectivity index (χ0) is 13.5. The third-order valence-corrected chi connectivity index (χ3v) is 2.58. The highest BCUT2D eigenvalue weighted by molar-refractivity contribution is 6.34. The smallest absolute Gasteiger partial charge is 0.335 e. The fourth-order valence-electron chi connectivity index (χ4n) is 1.34. The van der Waals surface area contributed by atoms with E-state index < -0.39 is 5.97 Å². The maximum Gasteiger partial charge on any atom is 0.335 e. The van der Waals surface area contributed by atoms with Crippen LogP contribution in [0.2, 0.25) is 5.02 Å². The van der Waals surface area contributed by atoms with Crippen molar-refractivity contribution in [3.63, 3.8) is 0 Å². The van der Waals surface area contributed by atoms with Gasteiger partial charge in [0.2, 0.25) is 5.91 Å². The van der Waals surface area contributed by atoms with Crippen LogP contribution in [0, 0.1) is 0 Å². The average Bonchev–Trinajstić information content (AvgIpc) is 2.32. The van der Waals surface area contributed by atoms with E-state index in [0.29, 0.717) is 18.7 Å². The molecule has 0 spiro atoms. The van der Waals surface area contributed by atoms with Crippen LogP contribution in [0.25, 0.3) is 0 Å². The molecule has 3 N–H and O–H groups in total. The van der Waals surface area contributed by atoms with Crippen molar-refractivity contribution in [1.29, 1.82) is 0 Å². The maximum absolute atomic E-state index is 11.5. The first-order chi connectivity index (χ1) is 8.54. The highest BCUT2D eigenvalue weighted by Crippen LogP contribution is 2.23. The molecule has 0 unspecified atom stereocenters. The molecule has 0 fully saturated rings. The Morgan fingerprint density at radius 2 is 2.11 bits per heavy atom. The number of hydrogen-bond donors (Lipinski definition) is 3. The largest absolute Gasteiger partial charge is 0.478 e. The van der Waals surface area contributed by atoms with Crippen molar-refractivity contribution in [2.75, 3.05) is 18.4 Å². The first-order valence-corrected chi connectivity index (χ1v) is 5.95. The number of aromatic carboxylic acids is 1. The van der Waals surface area contributed by atoms with Crippen molar-refractivity contribution in [2.24, 2.45) is 0 Å². The summed E-state index contributed by atoms with van der Waals surface area (Å²) in [7, 11) is 0. The first-order valence-electron chi connectivity index (χ1n) is 5.58. The molecule has 1 amide bonds. The summed E-state index contributed by atoms with van der Waals surface area (Å²) in [6.07, 6.45) is 0.338. The molecule has 0 aliphatic carbocycles. The molecule has 6 heteroatoms. The van der Waals surface area contributed by atoms with Gasteiger partial charge >= 0.3 is 5.97 Å². The second-order valence-electron chi connectivity index (χ2n) is 3.65. The van der Waals surface area contributed by atoms with Gasteiger partial charge in [-0.3, -0.25) is 4.79 Å². The van der Waals surface area contributed by atoms with Gasteiger partial charge in [-0.1, -0.05) is 18.5 Å². The summed E-state index contributed by atoms with van der Waals surface area (Å²) in [6.45, 7) is 3.36. The van der Waals surface area contributed by atoms with Crippen LogP contribution >= 0.6 is 11.6 Å². The molecular formula is C12H15ClN2O3. The number of hydrogen-bond acceptors (Lipinski definition) is 3. The van der Waals surface area contributed by atoms with Crippen molar-refractivity contribution in [1.82, 2.24) is 5.32 Å². The molecule has 0 saturated heterocycles. The predicted molar refractivity (Wildman–Crippen MR) is 70.2 cm³/mol. The fourth-order valence-corrected chi connectivity index (χ4v) is 1.57. The zero-order valence-corrected chi connectivity index (χ0v) is 10.8. The van der Waals surface area contributed by atoms with Gasteiger partial charge < -0.3 is 15.7 Å². The summed E-state index contributed by atoms with van der Waals surface area (Å²) in [6, 6.07) is 4.19. The third-order valence-electron chi connectivity index (χ3n) is 2.27. The molecule has 0 saturated carbocycles. The molecule has 0 atom stereocenters. The van der Waals surface area contributed by atoms with Crippen molar-refractivity contribution in [3.8, 4) is 0 Å². The highest BCUT2D eigenvalue weighted by Gasteiger charge is 2.09. The van der Waals surface area contributed by atoms with E-state index >= 15 is 0 Å². The standard InChI is InChI=1S/C12H15ClN2O3/c1-2-14-6-5-11(16)15-10-4-3-8(12(17)18)7-9(10)13/h3-4,7,14H,2,5-6H2,1H3,(H,15,16)(H,17,18). The van der Waals surface area contributed by atoms with E-state index in [1.807, 2.05) is 6.92 Å². The molecule has 1 rings (SSSR count). The van der Waals surface area contributed by atoms with E-state index in [9.17, 15) is 9.59 Å². The highest BCUT2D eigenvalue weighted by atomic mass is 35.5. The summed E-state index contributed by atoms with van der Waals surface area (Å²) in [5.41, 5.74) is 0.508. The van der Waals surface area contributed by atoms with E-state index in [-0.39, 0.29) is 16.5 Å². The Labute approximate surface area is 110 Å². The first kappa shape index (κ1) is 14.5. The molecule has 18 heavy (non-hydrogen) atoms. The van der Waals surface area contributed by atoms with Gasteiger partial charge in [0.15, 0.2) is 0 Å². The predicted octanol–water partition coefficient (Wildman–Crippen LogP) is 1.98. The minimum Gasteiger partial charge on any atom is -0.478 e. The van der Waals surface area contributed by atoms with Crippen LogP contribution in [0.15, 0.2) is 18.2 Å². The Hall–Kier alpha value is -1.59. The number of halogens is 1. The topological polar surface area (TPSA) is 78.4 Å². The number of carboxylic acid groups (broad SMARTS) is 1. The number of nitrogens with one attached hydrogen (secondary N) is 2. The monoisotopic (exact) mass is 270 g/mol. The summed E-state index contributed by atoms with van der Waals surface area (Å²) in [5, 5.41) is 14.6. The van der Waals surface area contributed by atoms with E-state index in [0.717, 1.165) is 6.54 Å². The Morgan fingerprint density at radius 1 is 1.39 bits per heavy atom. The number of rotatable bonds is 6. The van der Waals surface area contributed by atoms with Gasteiger partial charge in [-0.2, -0.15) is 0 Å². The molecule has 98 valence electrons. The number of benzene rings is 1. The summed E-state index contributed by atoms with van der Waals surface area (Å²) in [4.78, 5) is 22.2. The minimum atomic E-state index is -1.05. The Morgan fingerprint density at radius 3 is 2.67 bits per heavy atom. The lowest BCUT2D eigenvalue weighted by molar-refractivity contribution is -0.116. The summed E-state index contributed by atoms with van der Waals surface area (Å²) >= 11 is 5.89. The summed E-state index contributed by atoms with van der Waals surface area (Å²) in [5.74, 6) is -1.22. The van der Waals surface area contributed by atoms with Crippen LogP contribution in [0.1, 0.15) is 23.7 Å². The van der Waals surface area contributed by atoms with Crippen LogP contribution < -0.4 is 10.6 Å². The SMILES string of the molecule is CCNCCC(=O)Nc1ccc(C(=O)O)cc1Cl. The van der Waals surface area contributed by atoms with E-state index in [2.05, 4.69) is 10.6 Å². The summed E-state index contributed by atoms with van der Waals surface area (Å²) < 4.78 is 0. The normalized spacial score (nSPS) is 10.1. The van der Waals surface area contributed by atoms with Gasteiger partial charge in [-0.25, -0.2) is 4.79 Å². The van der Waals surface area contributed by atoms with Gasteiger partial charge in [-0.05, 0) is 24.7 Å². The quantitative estimate of drug-likeness (QED) is 0.691. The van der Waals surface area contributed by atoms with Crippen molar-refractivity contribution in [2.45, 2.75) is 13.3 Å². The molecule has 0 aromatic heterocycles. The van der Waals surface area contributed by atoms with Gasteiger partial charge in [0.1, 0.15) is 0 Å². The van der Waals surface area contributed by atoms with E-state index in [1.54, 1.807) is 0 Å². The van der Waals surface area contributed by atoms with Crippen molar-refractivity contribution < 1.29 is 14.7 Å². The van der Waals surface area contributed by atoms with Crippen LogP contribution in [0.3, 0.4) is 0 Å². The number of carbonyl (C=O) groups is 2. The van der Waals surface area contributed by atoms with Crippen LogP contribution in [-0.4, -0.2) is 30.1 Å². The fraction of sp³-hybridized carbons (Fsp3) is 0.333. The van der Waals surface area contributed by atoms with Gasteiger partial charge in [0, 0.05) is 13.0 Å².